The second-order valence-corrected chi connectivity index (χ2v) is 10.00. The number of halogens is 1. The Morgan fingerprint density at radius 1 is 0.969 bits per heavy atom. The van der Waals surface area contributed by atoms with Crippen molar-refractivity contribution in [3.05, 3.63) is 101 Å². The van der Waals surface area contributed by atoms with Crippen molar-refractivity contribution in [2.75, 3.05) is 6.54 Å². The first-order valence-corrected chi connectivity index (χ1v) is 12.1. The van der Waals surface area contributed by atoms with Gasteiger partial charge in [-0.05, 0) is 48.5 Å². The number of hydrogen-bond acceptors (Lipinski definition) is 5. The predicted octanol–water partition coefficient (Wildman–Crippen LogP) is 4.39. The highest BCUT2D eigenvalue weighted by Gasteiger charge is 2.23. The molecule has 0 unspecified atom stereocenters. The van der Waals surface area contributed by atoms with Crippen molar-refractivity contribution in [1.29, 1.82) is 0 Å². The molecule has 0 bridgehead atoms. The van der Waals surface area contributed by atoms with Crippen LogP contribution in [-0.2, 0) is 29.5 Å². The van der Waals surface area contributed by atoms with Crippen molar-refractivity contribution in [2.24, 2.45) is 0 Å². The molecule has 0 aliphatic carbocycles. The van der Waals surface area contributed by atoms with E-state index in [0.717, 1.165) is 35.5 Å². The van der Waals surface area contributed by atoms with Crippen LogP contribution in [0.5, 0.6) is 0 Å². The van der Waals surface area contributed by atoms with Gasteiger partial charge in [-0.15, -0.1) is 0 Å². The Kier molecular flexibility index (Phi) is 5.55. The van der Waals surface area contributed by atoms with Crippen molar-refractivity contribution in [3.8, 4) is 11.4 Å². The van der Waals surface area contributed by atoms with Crippen LogP contribution in [0.3, 0.4) is 0 Å². The number of fused-ring (bicyclic) bond motifs is 1. The normalized spacial score (nSPS) is 14.3. The SMILES string of the molecule is O=S(=O)(c1ccccc1)n1cccc1CN1CCc2nc(-c3ccc(Cl)cc3)ncc2C1. The lowest BCUT2D eigenvalue weighted by atomic mass is 10.1. The maximum atomic E-state index is 13.1. The second kappa shape index (κ2) is 8.50. The van der Waals surface area contributed by atoms with Crippen molar-refractivity contribution >= 4 is 21.6 Å². The smallest absolute Gasteiger partial charge is 0.267 e. The highest BCUT2D eigenvalue weighted by Crippen LogP contribution is 2.24. The Morgan fingerprint density at radius 3 is 2.53 bits per heavy atom. The fourth-order valence-corrected chi connectivity index (χ4v) is 5.45. The minimum Gasteiger partial charge on any atom is -0.293 e. The Morgan fingerprint density at radius 2 is 1.75 bits per heavy atom. The molecule has 8 heteroatoms. The average Bonchev–Trinajstić information content (AvgIpc) is 3.29. The molecule has 0 amide bonds. The topological polar surface area (TPSA) is 68.1 Å². The summed E-state index contributed by atoms with van der Waals surface area (Å²) in [6.07, 6.45) is 4.26. The zero-order valence-corrected chi connectivity index (χ0v) is 18.8. The van der Waals surface area contributed by atoms with E-state index in [1.165, 1.54) is 3.97 Å². The standard InChI is InChI=1S/C24H21ClN4O2S/c25-20-10-8-18(9-11-20)24-26-15-19-16-28(14-12-23(19)27-24)17-21-5-4-13-29(21)32(30,31)22-6-2-1-3-7-22/h1-11,13,15H,12,14,16-17H2. The van der Waals surface area contributed by atoms with Gasteiger partial charge in [-0.3, -0.25) is 4.90 Å². The van der Waals surface area contributed by atoms with Gasteiger partial charge in [-0.25, -0.2) is 22.4 Å². The summed E-state index contributed by atoms with van der Waals surface area (Å²) in [4.78, 5) is 11.8. The monoisotopic (exact) mass is 464 g/mol. The van der Waals surface area contributed by atoms with Gasteiger partial charge in [0.25, 0.3) is 10.0 Å². The summed E-state index contributed by atoms with van der Waals surface area (Å²) >= 11 is 5.98. The molecular formula is C24H21ClN4O2S. The largest absolute Gasteiger partial charge is 0.293 e. The van der Waals surface area contributed by atoms with Gasteiger partial charge in [0.05, 0.1) is 10.6 Å². The maximum Gasteiger partial charge on any atom is 0.267 e. The summed E-state index contributed by atoms with van der Waals surface area (Å²) in [7, 11) is -3.62. The van der Waals surface area contributed by atoms with E-state index in [4.69, 9.17) is 16.6 Å². The molecular weight excluding hydrogens is 444 g/mol. The Hall–Kier alpha value is -3.00. The van der Waals surface area contributed by atoms with E-state index in [1.54, 1.807) is 42.6 Å². The molecule has 5 rings (SSSR count). The van der Waals surface area contributed by atoms with E-state index in [2.05, 4.69) is 9.88 Å². The van der Waals surface area contributed by atoms with Crippen molar-refractivity contribution in [1.82, 2.24) is 18.8 Å². The Bertz CT molecular complexity index is 1350. The number of nitrogens with zero attached hydrogens (tertiary/aromatic N) is 4. The molecule has 3 heterocycles. The fourth-order valence-electron chi connectivity index (χ4n) is 3.94. The van der Waals surface area contributed by atoms with Gasteiger partial charge in [-0.1, -0.05) is 29.8 Å². The molecule has 1 aliphatic heterocycles. The molecule has 6 nitrogen and oxygen atoms in total. The Balaban J connectivity index is 1.35. The summed E-state index contributed by atoms with van der Waals surface area (Å²) in [5.41, 5.74) is 3.77. The summed E-state index contributed by atoms with van der Waals surface area (Å²) in [6.45, 7) is 1.99. The predicted molar refractivity (Wildman–Crippen MR) is 124 cm³/mol. The third kappa shape index (κ3) is 4.07. The molecule has 0 spiro atoms. The highest BCUT2D eigenvalue weighted by atomic mass is 35.5. The minimum atomic E-state index is -3.62. The van der Waals surface area contributed by atoms with Crippen molar-refractivity contribution in [3.63, 3.8) is 0 Å². The van der Waals surface area contributed by atoms with Crippen LogP contribution in [0.1, 0.15) is 17.0 Å². The van der Waals surface area contributed by atoms with E-state index in [0.29, 0.717) is 23.9 Å². The minimum absolute atomic E-state index is 0.282. The number of benzene rings is 2. The first-order valence-electron chi connectivity index (χ1n) is 10.3. The van der Waals surface area contributed by atoms with Crippen LogP contribution < -0.4 is 0 Å². The molecule has 0 radical (unpaired) electrons. The molecule has 0 N–H and O–H groups in total. The second-order valence-electron chi connectivity index (χ2n) is 7.75. The molecule has 0 fully saturated rings. The number of aromatic nitrogens is 3. The van der Waals surface area contributed by atoms with Gasteiger partial charge in [-0.2, -0.15) is 0 Å². The lowest BCUT2D eigenvalue weighted by Gasteiger charge is -2.28. The molecule has 32 heavy (non-hydrogen) atoms. The van der Waals surface area contributed by atoms with Gasteiger partial charge in [0.15, 0.2) is 5.82 Å². The molecule has 2 aromatic heterocycles. The van der Waals surface area contributed by atoms with Crippen LogP contribution in [-0.4, -0.2) is 33.8 Å². The van der Waals surface area contributed by atoms with E-state index < -0.39 is 10.0 Å². The summed E-state index contributed by atoms with van der Waals surface area (Å²) in [5, 5.41) is 0.682. The Labute approximate surface area is 192 Å². The first kappa shape index (κ1) is 20.9. The van der Waals surface area contributed by atoms with Crippen LogP contribution in [0.2, 0.25) is 5.02 Å². The van der Waals surface area contributed by atoms with Crippen molar-refractivity contribution in [2.45, 2.75) is 24.4 Å². The zero-order chi connectivity index (χ0) is 22.1. The molecule has 0 atom stereocenters. The first-order chi connectivity index (χ1) is 15.5. The number of hydrogen-bond donors (Lipinski definition) is 0. The molecule has 0 saturated carbocycles. The molecule has 162 valence electrons. The lowest BCUT2D eigenvalue weighted by Crippen LogP contribution is -2.32. The average molecular weight is 465 g/mol. The van der Waals surface area contributed by atoms with Crippen LogP contribution in [0.25, 0.3) is 11.4 Å². The van der Waals surface area contributed by atoms with Gasteiger partial charge in [0, 0.05) is 60.3 Å². The lowest BCUT2D eigenvalue weighted by molar-refractivity contribution is 0.239. The summed E-state index contributed by atoms with van der Waals surface area (Å²) in [6, 6.07) is 19.6. The van der Waals surface area contributed by atoms with Crippen molar-refractivity contribution < 1.29 is 8.42 Å². The van der Waals surface area contributed by atoms with Gasteiger partial charge in [0.1, 0.15) is 0 Å². The van der Waals surface area contributed by atoms with E-state index >= 15 is 0 Å². The fraction of sp³-hybridized carbons (Fsp3) is 0.167. The maximum absolute atomic E-state index is 13.1. The molecule has 1 aliphatic rings. The molecule has 0 saturated heterocycles. The molecule has 2 aromatic carbocycles. The van der Waals surface area contributed by atoms with Crippen LogP contribution in [0.4, 0.5) is 0 Å². The third-order valence-corrected chi connectivity index (χ3v) is 7.59. The summed E-state index contributed by atoms with van der Waals surface area (Å²) in [5.74, 6) is 0.691. The summed E-state index contributed by atoms with van der Waals surface area (Å²) < 4.78 is 27.5. The molecule has 4 aromatic rings. The van der Waals surface area contributed by atoms with Gasteiger partial charge in [0.2, 0.25) is 0 Å². The van der Waals surface area contributed by atoms with E-state index in [-0.39, 0.29) is 4.90 Å². The van der Waals surface area contributed by atoms with Gasteiger partial charge < -0.3 is 0 Å². The third-order valence-electron chi connectivity index (χ3n) is 5.59. The van der Waals surface area contributed by atoms with Crippen LogP contribution in [0.15, 0.2) is 84.0 Å². The quantitative estimate of drug-likeness (QED) is 0.438. The van der Waals surface area contributed by atoms with Crippen LogP contribution >= 0.6 is 11.6 Å². The van der Waals surface area contributed by atoms with E-state index in [9.17, 15) is 8.42 Å². The zero-order valence-electron chi connectivity index (χ0n) is 17.2. The van der Waals surface area contributed by atoms with Crippen LogP contribution in [0, 0.1) is 0 Å². The highest BCUT2D eigenvalue weighted by molar-refractivity contribution is 7.90. The number of rotatable bonds is 5. The van der Waals surface area contributed by atoms with Gasteiger partial charge >= 0.3 is 0 Å². The van der Waals surface area contributed by atoms with E-state index in [1.807, 2.05) is 36.5 Å².